The first kappa shape index (κ1) is 23.0. The molecule has 0 saturated heterocycles. The number of halogens is 2. The van der Waals surface area contributed by atoms with Gasteiger partial charge in [0.15, 0.2) is 0 Å². The highest BCUT2D eigenvalue weighted by atomic mass is 35.5. The predicted octanol–water partition coefficient (Wildman–Crippen LogP) is 3.61. The van der Waals surface area contributed by atoms with Crippen LogP contribution in [0.25, 0.3) is 0 Å². The summed E-state index contributed by atoms with van der Waals surface area (Å²) in [5, 5.41) is 12.7. The molecule has 0 radical (unpaired) electrons. The fourth-order valence-corrected chi connectivity index (χ4v) is 5.06. The molecule has 0 aliphatic carbocycles. The largest absolute Gasteiger partial charge is 0.484 e. The van der Waals surface area contributed by atoms with Crippen LogP contribution in [0.3, 0.4) is 0 Å². The van der Waals surface area contributed by atoms with E-state index >= 15 is 0 Å². The van der Waals surface area contributed by atoms with Gasteiger partial charge in [-0.1, -0.05) is 23.7 Å². The Morgan fingerprint density at radius 3 is 2.48 bits per heavy atom. The number of ether oxygens (including phenoxy) is 1. The molecule has 172 valence electrons. The summed E-state index contributed by atoms with van der Waals surface area (Å²) < 4.78 is 46.6. The quantitative estimate of drug-likeness (QED) is 0.550. The van der Waals surface area contributed by atoms with Crippen LogP contribution < -0.4 is 14.4 Å². The van der Waals surface area contributed by atoms with Gasteiger partial charge in [0, 0.05) is 10.7 Å². The van der Waals surface area contributed by atoms with E-state index < -0.39 is 21.9 Å². The summed E-state index contributed by atoms with van der Waals surface area (Å²) in [5.74, 6) is -0.481. The van der Waals surface area contributed by atoms with Crippen LogP contribution in [0.4, 0.5) is 15.8 Å². The molecule has 4 rings (SSSR count). The number of anilines is 2. The van der Waals surface area contributed by atoms with Crippen LogP contribution in [0.1, 0.15) is 5.56 Å². The fourth-order valence-electron chi connectivity index (χ4n) is 3.44. The standard InChI is InChI=1S/C23H20ClFN2O5S/c24-16-3-8-20(9-4-16)33(30,31)27-13-19(14-28)32-22-10-7-18(12-21(22)27)26-23(29)11-15-1-5-17(25)6-2-15/h1-10,12,19,28H,11,13-14H2,(H,26,29). The zero-order valence-electron chi connectivity index (χ0n) is 17.2. The summed E-state index contributed by atoms with van der Waals surface area (Å²) in [7, 11) is -4.00. The molecule has 1 atom stereocenters. The van der Waals surface area contributed by atoms with Crippen LogP contribution in [0.5, 0.6) is 5.75 Å². The third kappa shape index (κ3) is 5.11. The number of carbonyl (C=O) groups is 1. The third-order valence-corrected chi connectivity index (χ3v) is 7.10. The number of aliphatic hydroxyl groups excluding tert-OH is 1. The maximum atomic E-state index is 13.4. The zero-order chi connectivity index (χ0) is 23.6. The molecule has 1 unspecified atom stereocenters. The van der Waals surface area contributed by atoms with Crippen LogP contribution in [-0.2, 0) is 21.2 Å². The Kier molecular flexibility index (Phi) is 6.55. The maximum absolute atomic E-state index is 13.4. The smallest absolute Gasteiger partial charge is 0.264 e. The summed E-state index contributed by atoms with van der Waals surface area (Å²) in [5.41, 5.74) is 1.23. The number of nitrogens with one attached hydrogen (secondary N) is 1. The van der Waals surface area contributed by atoms with Gasteiger partial charge >= 0.3 is 0 Å². The molecule has 7 nitrogen and oxygen atoms in total. The van der Waals surface area contributed by atoms with E-state index in [0.29, 0.717) is 16.3 Å². The Morgan fingerprint density at radius 2 is 1.82 bits per heavy atom. The average Bonchev–Trinajstić information content (AvgIpc) is 2.80. The first-order chi connectivity index (χ1) is 15.8. The number of amides is 1. The maximum Gasteiger partial charge on any atom is 0.264 e. The zero-order valence-corrected chi connectivity index (χ0v) is 18.8. The second-order valence-electron chi connectivity index (χ2n) is 7.45. The monoisotopic (exact) mass is 490 g/mol. The van der Waals surface area contributed by atoms with E-state index in [1.165, 1.54) is 60.7 Å². The highest BCUT2D eigenvalue weighted by Gasteiger charge is 2.34. The van der Waals surface area contributed by atoms with Gasteiger partial charge in [0.2, 0.25) is 5.91 Å². The van der Waals surface area contributed by atoms with Crippen molar-refractivity contribution in [3.05, 3.63) is 83.1 Å². The molecule has 0 bridgehead atoms. The molecule has 1 aliphatic rings. The third-order valence-electron chi connectivity index (χ3n) is 5.06. The molecule has 1 heterocycles. The van der Waals surface area contributed by atoms with Crippen molar-refractivity contribution in [3.8, 4) is 5.75 Å². The molecule has 10 heteroatoms. The normalized spacial score (nSPS) is 15.5. The van der Waals surface area contributed by atoms with Gasteiger partial charge in [-0.25, -0.2) is 12.8 Å². The van der Waals surface area contributed by atoms with Crippen LogP contribution in [0, 0.1) is 5.82 Å². The number of rotatable bonds is 6. The van der Waals surface area contributed by atoms with Gasteiger partial charge in [-0.05, 0) is 60.2 Å². The van der Waals surface area contributed by atoms with Gasteiger partial charge in [0.05, 0.1) is 30.2 Å². The molecule has 0 aromatic heterocycles. The van der Waals surface area contributed by atoms with Gasteiger partial charge < -0.3 is 15.2 Å². The number of aliphatic hydroxyl groups is 1. The Hall–Kier alpha value is -3.14. The van der Waals surface area contributed by atoms with Crippen LogP contribution in [-0.4, -0.2) is 38.7 Å². The fraction of sp³-hybridized carbons (Fsp3) is 0.174. The number of carbonyl (C=O) groups excluding carboxylic acids is 1. The molecule has 0 fully saturated rings. The highest BCUT2D eigenvalue weighted by Crippen LogP contribution is 2.39. The minimum absolute atomic E-state index is 0.0211. The number of nitrogens with zero attached hydrogens (tertiary/aromatic N) is 1. The van der Waals surface area contributed by atoms with E-state index in [2.05, 4.69) is 5.32 Å². The lowest BCUT2D eigenvalue weighted by Gasteiger charge is -2.35. The second kappa shape index (κ2) is 9.38. The molecular formula is C23H20ClFN2O5S. The lowest BCUT2D eigenvalue weighted by atomic mass is 10.1. The SMILES string of the molecule is O=C(Cc1ccc(F)cc1)Nc1ccc2c(c1)N(S(=O)(=O)c1ccc(Cl)cc1)CC(CO)O2. The molecule has 33 heavy (non-hydrogen) atoms. The van der Waals surface area contributed by atoms with Crippen LogP contribution >= 0.6 is 11.6 Å². The van der Waals surface area contributed by atoms with Crippen LogP contribution in [0.2, 0.25) is 5.02 Å². The van der Waals surface area contributed by atoms with Gasteiger partial charge in [-0.15, -0.1) is 0 Å². The summed E-state index contributed by atoms with van der Waals surface area (Å²) in [4.78, 5) is 12.5. The van der Waals surface area contributed by atoms with Crippen molar-refractivity contribution in [2.45, 2.75) is 17.4 Å². The van der Waals surface area contributed by atoms with Crippen LogP contribution in [0.15, 0.2) is 71.6 Å². The molecular weight excluding hydrogens is 471 g/mol. The van der Waals surface area contributed by atoms with Crippen molar-refractivity contribution in [2.75, 3.05) is 22.8 Å². The Morgan fingerprint density at radius 1 is 1.12 bits per heavy atom. The van der Waals surface area contributed by atoms with E-state index in [-0.39, 0.29) is 41.8 Å². The van der Waals surface area contributed by atoms with E-state index in [4.69, 9.17) is 16.3 Å². The molecule has 3 aromatic rings. The van der Waals surface area contributed by atoms with Crippen molar-refractivity contribution in [2.24, 2.45) is 0 Å². The Bertz CT molecular complexity index is 1270. The molecule has 1 aliphatic heterocycles. The lowest BCUT2D eigenvalue weighted by molar-refractivity contribution is -0.115. The summed E-state index contributed by atoms with van der Waals surface area (Å²) in [6.07, 6.45) is -0.730. The first-order valence-corrected chi connectivity index (χ1v) is 11.8. The molecule has 1 amide bonds. The van der Waals surface area contributed by atoms with E-state index in [1.807, 2.05) is 0 Å². The van der Waals surface area contributed by atoms with Gasteiger partial charge in [-0.3, -0.25) is 9.10 Å². The molecule has 0 spiro atoms. The minimum Gasteiger partial charge on any atom is -0.484 e. The van der Waals surface area contributed by atoms with Crippen molar-refractivity contribution >= 4 is 38.9 Å². The summed E-state index contributed by atoms with van der Waals surface area (Å²) >= 11 is 5.89. The number of hydrogen-bond donors (Lipinski definition) is 2. The van der Waals surface area contributed by atoms with E-state index in [0.717, 1.165) is 4.31 Å². The highest BCUT2D eigenvalue weighted by molar-refractivity contribution is 7.92. The minimum atomic E-state index is -4.00. The number of sulfonamides is 1. The lowest BCUT2D eigenvalue weighted by Crippen LogP contribution is -2.45. The van der Waals surface area contributed by atoms with Gasteiger partial charge in [0.25, 0.3) is 10.0 Å². The summed E-state index contributed by atoms with van der Waals surface area (Å²) in [6, 6.07) is 15.9. The topological polar surface area (TPSA) is 95.9 Å². The molecule has 2 N–H and O–H groups in total. The number of fused-ring (bicyclic) bond motifs is 1. The van der Waals surface area contributed by atoms with Crippen molar-refractivity contribution in [3.63, 3.8) is 0 Å². The van der Waals surface area contributed by atoms with Gasteiger partial charge in [0.1, 0.15) is 17.7 Å². The first-order valence-electron chi connectivity index (χ1n) is 10.0. The van der Waals surface area contributed by atoms with Crippen molar-refractivity contribution < 1.29 is 27.4 Å². The van der Waals surface area contributed by atoms with Gasteiger partial charge in [-0.2, -0.15) is 0 Å². The van der Waals surface area contributed by atoms with Crippen molar-refractivity contribution in [1.29, 1.82) is 0 Å². The number of hydrogen-bond acceptors (Lipinski definition) is 5. The second-order valence-corrected chi connectivity index (χ2v) is 9.75. The Labute approximate surface area is 195 Å². The molecule has 3 aromatic carbocycles. The van der Waals surface area contributed by atoms with E-state index in [9.17, 15) is 22.7 Å². The number of benzene rings is 3. The predicted molar refractivity (Wildman–Crippen MR) is 123 cm³/mol. The summed E-state index contributed by atoms with van der Waals surface area (Å²) in [6.45, 7) is -0.482. The van der Waals surface area contributed by atoms with Crippen molar-refractivity contribution in [1.82, 2.24) is 0 Å². The Balaban J connectivity index is 1.62. The molecule has 0 saturated carbocycles. The van der Waals surface area contributed by atoms with E-state index in [1.54, 1.807) is 6.07 Å². The average molecular weight is 491 g/mol.